The van der Waals surface area contributed by atoms with Gasteiger partial charge in [0, 0.05) is 13.5 Å². The highest BCUT2D eigenvalue weighted by atomic mass is 16.5. The van der Waals surface area contributed by atoms with E-state index in [0.717, 1.165) is 0 Å². The van der Waals surface area contributed by atoms with Gasteiger partial charge in [0.15, 0.2) is 5.69 Å². The van der Waals surface area contributed by atoms with Crippen molar-refractivity contribution >= 4 is 17.6 Å². The Kier molecular flexibility index (Phi) is 3.43. The summed E-state index contributed by atoms with van der Waals surface area (Å²) >= 11 is 0. The molecule has 1 aromatic heterocycles. The normalized spacial score (nSPS) is 9.80. The maximum absolute atomic E-state index is 11.4. The second-order valence-corrected chi connectivity index (χ2v) is 2.92. The summed E-state index contributed by atoms with van der Waals surface area (Å²) in [6.07, 6.45) is 1.76. The Morgan fingerprint density at radius 1 is 1.60 bits per heavy atom. The molecule has 6 heteroatoms. The molecule has 0 fully saturated rings. The summed E-state index contributed by atoms with van der Waals surface area (Å²) in [7, 11) is 2.88. The molecular weight excluding hydrogens is 198 g/mol. The van der Waals surface area contributed by atoms with Crippen LogP contribution in [0.4, 0.5) is 5.69 Å². The van der Waals surface area contributed by atoms with Gasteiger partial charge in [0.2, 0.25) is 5.91 Å². The maximum atomic E-state index is 11.4. The number of aryl methyl sites for hydroxylation is 1. The van der Waals surface area contributed by atoms with Crippen molar-refractivity contribution in [1.29, 1.82) is 0 Å². The molecule has 82 valence electrons. The third-order valence-corrected chi connectivity index (χ3v) is 1.91. The lowest BCUT2D eigenvalue weighted by Crippen LogP contribution is -2.15. The van der Waals surface area contributed by atoms with E-state index < -0.39 is 5.97 Å². The number of carbonyl (C=O) groups is 2. The summed E-state index contributed by atoms with van der Waals surface area (Å²) in [5, 5.41) is 6.45. The van der Waals surface area contributed by atoms with Crippen LogP contribution in [-0.4, -0.2) is 28.8 Å². The van der Waals surface area contributed by atoms with Gasteiger partial charge in [-0.3, -0.25) is 9.48 Å². The Morgan fingerprint density at radius 2 is 2.27 bits per heavy atom. The predicted octanol–water partition coefficient (Wildman–Crippen LogP) is 0.555. The smallest absolute Gasteiger partial charge is 0.358 e. The molecule has 1 amide bonds. The van der Waals surface area contributed by atoms with Gasteiger partial charge in [-0.1, -0.05) is 6.92 Å². The minimum absolute atomic E-state index is 0.173. The summed E-state index contributed by atoms with van der Waals surface area (Å²) in [4.78, 5) is 22.5. The van der Waals surface area contributed by atoms with Crippen LogP contribution in [-0.2, 0) is 16.6 Å². The van der Waals surface area contributed by atoms with Crippen molar-refractivity contribution in [2.45, 2.75) is 13.3 Å². The number of hydrogen-bond acceptors (Lipinski definition) is 4. The number of ether oxygens (including phenoxy) is 1. The van der Waals surface area contributed by atoms with Crippen molar-refractivity contribution in [2.24, 2.45) is 7.05 Å². The Hall–Kier alpha value is -1.85. The van der Waals surface area contributed by atoms with Gasteiger partial charge < -0.3 is 10.1 Å². The van der Waals surface area contributed by atoms with Gasteiger partial charge in [0.1, 0.15) is 0 Å². The number of nitrogens with zero attached hydrogens (tertiary/aromatic N) is 2. The van der Waals surface area contributed by atoms with E-state index in [2.05, 4.69) is 15.2 Å². The summed E-state index contributed by atoms with van der Waals surface area (Å²) in [5.41, 5.74) is 0.607. The first-order valence-corrected chi connectivity index (χ1v) is 4.50. The van der Waals surface area contributed by atoms with Crippen molar-refractivity contribution < 1.29 is 14.3 Å². The minimum Gasteiger partial charge on any atom is -0.464 e. The van der Waals surface area contributed by atoms with Crippen molar-refractivity contribution in [3.63, 3.8) is 0 Å². The summed E-state index contributed by atoms with van der Waals surface area (Å²) in [6, 6.07) is 0. The average molecular weight is 211 g/mol. The maximum Gasteiger partial charge on any atom is 0.358 e. The van der Waals surface area contributed by atoms with Crippen LogP contribution in [0.5, 0.6) is 0 Å². The highest BCUT2D eigenvalue weighted by Gasteiger charge is 2.18. The van der Waals surface area contributed by atoms with Gasteiger partial charge in [-0.2, -0.15) is 5.10 Å². The molecule has 0 saturated heterocycles. The van der Waals surface area contributed by atoms with Crippen LogP contribution in [0.1, 0.15) is 23.8 Å². The largest absolute Gasteiger partial charge is 0.464 e. The summed E-state index contributed by atoms with van der Waals surface area (Å²) < 4.78 is 5.94. The van der Waals surface area contributed by atoms with Crippen LogP contribution < -0.4 is 5.32 Å². The second-order valence-electron chi connectivity index (χ2n) is 2.92. The molecule has 0 spiro atoms. The van der Waals surface area contributed by atoms with Crippen LogP contribution in [0.3, 0.4) is 0 Å². The first-order chi connectivity index (χ1) is 7.10. The van der Waals surface area contributed by atoms with E-state index >= 15 is 0 Å². The number of esters is 1. The molecule has 0 radical (unpaired) electrons. The van der Waals surface area contributed by atoms with Crippen LogP contribution in [0.15, 0.2) is 6.20 Å². The first kappa shape index (κ1) is 11.2. The average Bonchev–Trinajstić information content (AvgIpc) is 2.58. The Balaban J connectivity index is 2.98. The second kappa shape index (κ2) is 4.59. The lowest BCUT2D eigenvalue weighted by Gasteiger charge is -2.04. The van der Waals surface area contributed by atoms with Gasteiger partial charge in [0.25, 0.3) is 0 Å². The van der Waals surface area contributed by atoms with E-state index in [0.29, 0.717) is 12.1 Å². The van der Waals surface area contributed by atoms with E-state index in [4.69, 9.17) is 0 Å². The number of anilines is 1. The standard InChI is InChI=1S/C9H13N3O3/c1-4-7(13)11-6-5-10-12(2)8(6)9(14)15-3/h5H,4H2,1-3H3,(H,11,13). The quantitative estimate of drug-likeness (QED) is 0.741. The van der Waals surface area contributed by atoms with Crippen molar-refractivity contribution in [3.05, 3.63) is 11.9 Å². The molecule has 0 aliphatic carbocycles. The molecule has 0 aromatic carbocycles. The van der Waals surface area contributed by atoms with Crippen molar-refractivity contribution in [2.75, 3.05) is 12.4 Å². The molecule has 0 atom stereocenters. The van der Waals surface area contributed by atoms with Crippen LogP contribution >= 0.6 is 0 Å². The lowest BCUT2D eigenvalue weighted by atomic mass is 10.3. The molecule has 1 N–H and O–H groups in total. The van der Waals surface area contributed by atoms with Crippen LogP contribution in [0.2, 0.25) is 0 Å². The first-order valence-electron chi connectivity index (χ1n) is 4.50. The molecule has 0 bridgehead atoms. The highest BCUT2D eigenvalue weighted by molar-refractivity contribution is 5.99. The van der Waals surface area contributed by atoms with Crippen LogP contribution in [0, 0.1) is 0 Å². The molecular formula is C9H13N3O3. The van der Waals surface area contributed by atoms with Crippen molar-refractivity contribution in [1.82, 2.24) is 9.78 Å². The number of rotatable bonds is 3. The third-order valence-electron chi connectivity index (χ3n) is 1.91. The monoisotopic (exact) mass is 211 g/mol. The predicted molar refractivity (Wildman–Crippen MR) is 53.5 cm³/mol. The molecule has 0 unspecified atom stereocenters. The molecule has 0 saturated carbocycles. The Bertz CT molecular complexity index is 384. The fourth-order valence-electron chi connectivity index (χ4n) is 1.11. The molecule has 1 rings (SSSR count). The number of nitrogens with one attached hydrogen (secondary N) is 1. The SMILES string of the molecule is CCC(=O)Nc1cnn(C)c1C(=O)OC. The van der Waals surface area contributed by atoms with Gasteiger partial charge >= 0.3 is 5.97 Å². The molecule has 6 nitrogen and oxygen atoms in total. The summed E-state index contributed by atoms with van der Waals surface area (Å²) in [5.74, 6) is -0.699. The van der Waals surface area contributed by atoms with Crippen molar-refractivity contribution in [3.8, 4) is 0 Å². The zero-order chi connectivity index (χ0) is 11.4. The Labute approximate surface area is 87.2 Å². The number of amides is 1. The zero-order valence-corrected chi connectivity index (χ0v) is 8.90. The van der Waals surface area contributed by atoms with Gasteiger partial charge in [-0.15, -0.1) is 0 Å². The fourth-order valence-corrected chi connectivity index (χ4v) is 1.11. The summed E-state index contributed by atoms with van der Waals surface area (Å²) in [6.45, 7) is 1.73. The molecule has 0 aliphatic rings. The van der Waals surface area contributed by atoms with E-state index in [9.17, 15) is 9.59 Å². The van der Waals surface area contributed by atoms with E-state index in [1.165, 1.54) is 18.0 Å². The topological polar surface area (TPSA) is 73.2 Å². The zero-order valence-electron chi connectivity index (χ0n) is 8.90. The number of carbonyl (C=O) groups excluding carboxylic acids is 2. The van der Waals surface area contributed by atoms with E-state index in [1.54, 1.807) is 14.0 Å². The van der Waals surface area contributed by atoms with Gasteiger partial charge in [-0.05, 0) is 0 Å². The number of methoxy groups -OCH3 is 1. The molecule has 15 heavy (non-hydrogen) atoms. The van der Waals surface area contributed by atoms with Gasteiger partial charge in [0.05, 0.1) is 19.0 Å². The number of aromatic nitrogens is 2. The third kappa shape index (κ3) is 2.34. The van der Waals surface area contributed by atoms with Gasteiger partial charge in [-0.25, -0.2) is 4.79 Å². The van der Waals surface area contributed by atoms with E-state index in [-0.39, 0.29) is 11.6 Å². The molecule has 1 heterocycles. The minimum atomic E-state index is -0.526. The fraction of sp³-hybridized carbons (Fsp3) is 0.444. The van der Waals surface area contributed by atoms with Crippen LogP contribution in [0.25, 0.3) is 0 Å². The molecule has 1 aromatic rings. The lowest BCUT2D eigenvalue weighted by molar-refractivity contribution is -0.115. The van der Waals surface area contributed by atoms with E-state index in [1.807, 2.05) is 0 Å². The number of hydrogen-bond donors (Lipinski definition) is 1. The molecule has 0 aliphatic heterocycles. The highest BCUT2D eigenvalue weighted by Crippen LogP contribution is 2.15. The Morgan fingerprint density at radius 3 is 2.80 bits per heavy atom.